The van der Waals surface area contributed by atoms with Crippen LogP contribution in [0.2, 0.25) is 0 Å². The van der Waals surface area contributed by atoms with Gasteiger partial charge >= 0.3 is 0 Å². The largest absolute Gasteiger partial charge is 1.00 e. The molecule has 1 aliphatic rings. The molecule has 0 radical (unpaired) electrons. The van der Waals surface area contributed by atoms with E-state index in [0.29, 0.717) is 0 Å². The lowest BCUT2D eigenvalue weighted by atomic mass is 10.0. The molecule has 0 aliphatic carbocycles. The Morgan fingerprint density at radius 3 is 2.26 bits per heavy atom. The highest BCUT2D eigenvalue weighted by Gasteiger charge is 2.26. The summed E-state index contributed by atoms with van der Waals surface area (Å²) >= 11 is 0. The van der Waals surface area contributed by atoms with Crippen molar-refractivity contribution in [2.75, 3.05) is 7.11 Å². The van der Waals surface area contributed by atoms with E-state index in [2.05, 4.69) is 65.2 Å². The van der Waals surface area contributed by atoms with E-state index in [-0.39, 0.29) is 12.4 Å². The predicted octanol–water partition coefficient (Wildman–Crippen LogP) is 2.26. The molecule has 1 aromatic heterocycles. The highest BCUT2D eigenvalue weighted by atomic mass is 35.5. The molecule has 27 heavy (non-hydrogen) atoms. The molecule has 0 fully saturated rings. The quantitative estimate of drug-likeness (QED) is 0.485. The molecule has 3 aromatic carbocycles. The molecular formula is C23H18ClN2O-. The molecule has 0 unspecified atom stereocenters. The van der Waals surface area contributed by atoms with Crippen LogP contribution >= 0.6 is 0 Å². The van der Waals surface area contributed by atoms with E-state index in [1.54, 1.807) is 7.11 Å². The highest BCUT2D eigenvalue weighted by Crippen LogP contribution is 2.41. The topological polar surface area (TPSA) is 27.1 Å². The molecule has 1 aliphatic heterocycles. The van der Waals surface area contributed by atoms with Crippen molar-refractivity contribution < 1.29 is 17.1 Å². The SMILES string of the molecule is COc1ccc(-c2nc3n(c2-c2ccccc2)Cc2ccccc2-3)cc1.[Cl-]. The van der Waals surface area contributed by atoms with Gasteiger partial charge in [0, 0.05) is 16.7 Å². The van der Waals surface area contributed by atoms with Crippen molar-refractivity contribution in [3.63, 3.8) is 0 Å². The summed E-state index contributed by atoms with van der Waals surface area (Å²) in [5.74, 6) is 1.90. The number of fused-ring (bicyclic) bond motifs is 3. The number of hydrogen-bond donors (Lipinski definition) is 0. The number of imidazole rings is 1. The molecule has 4 heteroatoms. The number of methoxy groups -OCH3 is 1. The van der Waals surface area contributed by atoms with E-state index in [1.165, 1.54) is 22.4 Å². The number of nitrogens with zero attached hydrogens (tertiary/aromatic N) is 2. The zero-order valence-corrected chi connectivity index (χ0v) is 15.6. The maximum atomic E-state index is 5.30. The van der Waals surface area contributed by atoms with Crippen LogP contribution in [0.5, 0.6) is 5.75 Å². The van der Waals surface area contributed by atoms with Gasteiger partial charge in [0.05, 0.1) is 25.0 Å². The first kappa shape index (κ1) is 17.4. The van der Waals surface area contributed by atoms with E-state index in [0.717, 1.165) is 29.4 Å². The van der Waals surface area contributed by atoms with Crippen LogP contribution in [0.15, 0.2) is 78.9 Å². The summed E-state index contributed by atoms with van der Waals surface area (Å²) in [5, 5.41) is 0. The standard InChI is InChI=1S/C23H18N2O.ClH/c1-26-19-13-11-16(12-14-19)21-22(17-7-3-2-4-8-17)25-15-18-9-5-6-10-20(18)23(25)24-21;/h2-14H,15H2,1H3;1H/p-1. The Labute approximate surface area is 164 Å². The van der Waals surface area contributed by atoms with Gasteiger partial charge in [-0.15, -0.1) is 0 Å². The molecule has 2 heterocycles. The maximum Gasteiger partial charge on any atom is 0.141 e. The fourth-order valence-electron chi connectivity index (χ4n) is 3.70. The maximum absolute atomic E-state index is 5.30. The second kappa shape index (κ2) is 6.93. The summed E-state index contributed by atoms with van der Waals surface area (Å²) in [5.41, 5.74) is 7.03. The third-order valence-corrected chi connectivity index (χ3v) is 4.97. The van der Waals surface area contributed by atoms with E-state index >= 15 is 0 Å². The second-order valence-electron chi connectivity index (χ2n) is 6.47. The Morgan fingerprint density at radius 1 is 0.815 bits per heavy atom. The smallest absolute Gasteiger partial charge is 0.141 e. The van der Waals surface area contributed by atoms with Crippen molar-refractivity contribution in [1.29, 1.82) is 0 Å². The van der Waals surface area contributed by atoms with Crippen LogP contribution in [0, 0.1) is 0 Å². The summed E-state index contributed by atoms with van der Waals surface area (Å²) in [7, 11) is 1.69. The first-order valence-electron chi connectivity index (χ1n) is 8.74. The summed E-state index contributed by atoms with van der Waals surface area (Å²) in [6.45, 7) is 0.860. The average Bonchev–Trinajstić information content (AvgIpc) is 3.25. The molecule has 0 atom stereocenters. The van der Waals surface area contributed by atoms with Crippen LogP contribution in [0.25, 0.3) is 33.9 Å². The van der Waals surface area contributed by atoms with Gasteiger partial charge in [-0.05, 0) is 29.8 Å². The van der Waals surface area contributed by atoms with Crippen LogP contribution in [-0.2, 0) is 6.54 Å². The normalized spacial score (nSPS) is 11.4. The molecule has 134 valence electrons. The summed E-state index contributed by atoms with van der Waals surface area (Å²) in [6.07, 6.45) is 0. The molecule has 0 saturated carbocycles. The number of aromatic nitrogens is 2. The predicted molar refractivity (Wildman–Crippen MR) is 104 cm³/mol. The average molecular weight is 374 g/mol. The molecule has 0 spiro atoms. The van der Waals surface area contributed by atoms with Crippen molar-refractivity contribution in [3.8, 4) is 39.7 Å². The second-order valence-corrected chi connectivity index (χ2v) is 6.47. The van der Waals surface area contributed by atoms with Gasteiger partial charge < -0.3 is 21.7 Å². The number of benzene rings is 3. The number of ether oxygens (including phenoxy) is 1. The molecule has 0 amide bonds. The summed E-state index contributed by atoms with van der Waals surface area (Å²) in [4.78, 5) is 5.06. The molecule has 0 N–H and O–H groups in total. The monoisotopic (exact) mass is 373 g/mol. The highest BCUT2D eigenvalue weighted by molar-refractivity contribution is 5.84. The third kappa shape index (κ3) is 2.81. The van der Waals surface area contributed by atoms with Crippen LogP contribution in [0.3, 0.4) is 0 Å². The van der Waals surface area contributed by atoms with Crippen LogP contribution in [-0.4, -0.2) is 16.7 Å². The fraction of sp³-hybridized carbons (Fsp3) is 0.0870. The summed E-state index contributed by atoms with van der Waals surface area (Å²) in [6, 6.07) is 27.2. The van der Waals surface area contributed by atoms with Gasteiger partial charge in [0.15, 0.2) is 0 Å². The van der Waals surface area contributed by atoms with Crippen molar-refractivity contribution in [2.24, 2.45) is 0 Å². The van der Waals surface area contributed by atoms with E-state index in [1.807, 2.05) is 18.2 Å². The van der Waals surface area contributed by atoms with Gasteiger partial charge in [-0.25, -0.2) is 4.98 Å². The Hall–Kier alpha value is -3.04. The van der Waals surface area contributed by atoms with E-state index < -0.39 is 0 Å². The molecule has 3 nitrogen and oxygen atoms in total. The minimum absolute atomic E-state index is 0. The lowest BCUT2D eigenvalue weighted by molar-refractivity contribution is -0.00000540. The molecular weight excluding hydrogens is 356 g/mol. The fourth-order valence-corrected chi connectivity index (χ4v) is 3.70. The van der Waals surface area contributed by atoms with Crippen molar-refractivity contribution in [2.45, 2.75) is 6.54 Å². The molecule has 0 saturated heterocycles. The van der Waals surface area contributed by atoms with Gasteiger partial charge in [-0.3, -0.25) is 0 Å². The van der Waals surface area contributed by atoms with Crippen molar-refractivity contribution in [1.82, 2.24) is 9.55 Å². The number of rotatable bonds is 3. The number of hydrogen-bond acceptors (Lipinski definition) is 2. The first-order valence-corrected chi connectivity index (χ1v) is 8.74. The van der Waals surface area contributed by atoms with Gasteiger partial charge in [-0.1, -0.05) is 54.6 Å². The minimum Gasteiger partial charge on any atom is -1.00 e. The van der Waals surface area contributed by atoms with Crippen LogP contribution in [0.4, 0.5) is 0 Å². The lowest BCUT2D eigenvalue weighted by Crippen LogP contribution is -3.00. The molecule has 5 rings (SSSR count). The van der Waals surface area contributed by atoms with Crippen LogP contribution in [0.1, 0.15) is 5.56 Å². The minimum atomic E-state index is 0. The van der Waals surface area contributed by atoms with Gasteiger partial charge in [0.25, 0.3) is 0 Å². The van der Waals surface area contributed by atoms with Gasteiger partial charge in [0.2, 0.25) is 0 Å². The van der Waals surface area contributed by atoms with E-state index in [4.69, 9.17) is 9.72 Å². The van der Waals surface area contributed by atoms with Gasteiger partial charge in [-0.2, -0.15) is 0 Å². The van der Waals surface area contributed by atoms with E-state index in [9.17, 15) is 0 Å². The number of halogens is 1. The van der Waals surface area contributed by atoms with Crippen LogP contribution < -0.4 is 17.1 Å². The zero-order valence-electron chi connectivity index (χ0n) is 14.9. The third-order valence-electron chi connectivity index (χ3n) is 4.97. The Morgan fingerprint density at radius 2 is 1.52 bits per heavy atom. The summed E-state index contributed by atoms with van der Waals surface area (Å²) < 4.78 is 7.63. The first-order chi connectivity index (χ1) is 12.8. The Balaban J connectivity index is 0.00000180. The Kier molecular flexibility index (Phi) is 4.46. The van der Waals surface area contributed by atoms with Crippen molar-refractivity contribution in [3.05, 3.63) is 84.4 Å². The zero-order chi connectivity index (χ0) is 17.5. The van der Waals surface area contributed by atoms with Gasteiger partial charge in [0.1, 0.15) is 11.6 Å². The molecule has 0 bridgehead atoms. The molecule has 4 aromatic rings. The van der Waals surface area contributed by atoms with Crippen molar-refractivity contribution >= 4 is 0 Å². The Bertz CT molecular complexity index is 1090. The lowest BCUT2D eigenvalue weighted by Gasteiger charge is -2.09.